The summed E-state index contributed by atoms with van der Waals surface area (Å²) < 4.78 is 18.0. The first-order valence-electron chi connectivity index (χ1n) is 5.17. The number of thiophene rings is 1. The molecule has 2 aromatic heterocycles. The number of aromatic nitrogens is 2. The van der Waals surface area contributed by atoms with Crippen LogP contribution in [0.5, 0.6) is 0 Å². The highest BCUT2D eigenvalue weighted by atomic mass is 32.1. The van der Waals surface area contributed by atoms with Gasteiger partial charge in [-0.1, -0.05) is 5.16 Å². The number of nitrogen functional groups attached to an aromatic ring is 1. The van der Waals surface area contributed by atoms with Crippen LogP contribution in [-0.4, -0.2) is 10.1 Å². The van der Waals surface area contributed by atoms with Crippen molar-refractivity contribution in [1.29, 1.82) is 0 Å². The van der Waals surface area contributed by atoms with Crippen molar-refractivity contribution < 1.29 is 8.91 Å². The molecule has 2 N–H and O–H groups in total. The predicted octanol–water partition coefficient (Wildman–Crippen LogP) is 3.19. The number of hydrogen-bond donors (Lipinski definition) is 1. The van der Waals surface area contributed by atoms with Gasteiger partial charge in [-0.2, -0.15) is 4.98 Å². The number of nitrogens with zero attached hydrogens (tertiary/aromatic N) is 2. The first-order chi connectivity index (χ1) is 8.74. The average molecular weight is 261 g/mol. The van der Waals surface area contributed by atoms with Crippen molar-refractivity contribution in [2.24, 2.45) is 0 Å². The average Bonchev–Trinajstić information content (AvgIpc) is 2.98. The van der Waals surface area contributed by atoms with Crippen molar-refractivity contribution in [2.45, 2.75) is 0 Å². The molecule has 6 heteroatoms. The lowest BCUT2D eigenvalue weighted by molar-refractivity contribution is 0.432. The number of nitrogens with two attached hydrogens (primary N) is 1. The Balaban J connectivity index is 1.99. The van der Waals surface area contributed by atoms with E-state index in [4.69, 9.17) is 10.3 Å². The second kappa shape index (κ2) is 4.23. The van der Waals surface area contributed by atoms with Crippen LogP contribution in [0.4, 0.5) is 9.39 Å². The highest BCUT2D eigenvalue weighted by molar-refractivity contribution is 7.14. The quantitative estimate of drug-likeness (QED) is 0.769. The molecule has 0 fully saturated rings. The molecule has 0 radical (unpaired) electrons. The molecule has 0 bridgehead atoms. The minimum absolute atomic E-state index is 0.301. The number of anilines is 1. The first-order valence-corrected chi connectivity index (χ1v) is 6.05. The second-order valence-electron chi connectivity index (χ2n) is 3.63. The fraction of sp³-hybridized carbons (Fsp3) is 0. The fourth-order valence-corrected chi connectivity index (χ4v) is 2.18. The summed E-state index contributed by atoms with van der Waals surface area (Å²) >= 11 is 1.41. The predicted molar refractivity (Wildman–Crippen MR) is 67.4 cm³/mol. The minimum atomic E-state index is -0.301. The molecule has 90 valence electrons. The van der Waals surface area contributed by atoms with Gasteiger partial charge < -0.3 is 10.3 Å². The largest absolute Gasteiger partial charge is 0.390 e. The molecule has 0 amide bonds. The van der Waals surface area contributed by atoms with Gasteiger partial charge in [0.15, 0.2) is 0 Å². The van der Waals surface area contributed by atoms with Gasteiger partial charge >= 0.3 is 0 Å². The molecule has 0 saturated carbocycles. The summed E-state index contributed by atoms with van der Waals surface area (Å²) in [5.41, 5.74) is 7.20. The van der Waals surface area contributed by atoms with Gasteiger partial charge in [0.1, 0.15) is 5.82 Å². The summed E-state index contributed by atoms with van der Waals surface area (Å²) in [7, 11) is 0. The van der Waals surface area contributed by atoms with E-state index >= 15 is 0 Å². The highest BCUT2D eigenvalue weighted by Gasteiger charge is 2.13. The summed E-state index contributed by atoms with van der Waals surface area (Å²) in [6.07, 6.45) is 0. The summed E-state index contributed by atoms with van der Waals surface area (Å²) in [5.74, 6) is 0.480. The lowest BCUT2D eigenvalue weighted by Crippen LogP contribution is -1.84. The SMILES string of the molecule is Nc1sccc1-c1nc(-c2ccc(F)cc2)no1. The van der Waals surface area contributed by atoms with Crippen LogP contribution in [0.25, 0.3) is 22.8 Å². The van der Waals surface area contributed by atoms with Crippen LogP contribution in [0.3, 0.4) is 0 Å². The molecular formula is C12H8FN3OS. The zero-order valence-electron chi connectivity index (χ0n) is 9.13. The second-order valence-corrected chi connectivity index (χ2v) is 4.58. The maximum Gasteiger partial charge on any atom is 0.261 e. The van der Waals surface area contributed by atoms with E-state index in [0.717, 1.165) is 5.56 Å². The molecule has 1 aromatic carbocycles. The fourth-order valence-electron chi connectivity index (χ4n) is 1.55. The highest BCUT2D eigenvalue weighted by Crippen LogP contribution is 2.30. The van der Waals surface area contributed by atoms with Crippen molar-refractivity contribution in [3.63, 3.8) is 0 Å². The molecule has 0 saturated heterocycles. The molecule has 0 aliphatic carbocycles. The third-order valence-corrected chi connectivity index (χ3v) is 3.20. The Kier molecular flexibility index (Phi) is 2.56. The Morgan fingerprint density at radius 2 is 1.94 bits per heavy atom. The van der Waals surface area contributed by atoms with E-state index in [1.165, 1.54) is 23.5 Å². The molecule has 0 spiro atoms. The van der Waals surface area contributed by atoms with Gasteiger partial charge in [-0.05, 0) is 35.7 Å². The number of hydrogen-bond acceptors (Lipinski definition) is 5. The van der Waals surface area contributed by atoms with Crippen LogP contribution in [-0.2, 0) is 0 Å². The van der Waals surface area contributed by atoms with Gasteiger partial charge in [-0.3, -0.25) is 0 Å². The number of rotatable bonds is 2. The minimum Gasteiger partial charge on any atom is -0.390 e. The van der Waals surface area contributed by atoms with E-state index in [-0.39, 0.29) is 5.82 Å². The maximum absolute atomic E-state index is 12.8. The Morgan fingerprint density at radius 1 is 1.17 bits per heavy atom. The first kappa shape index (κ1) is 10.9. The number of benzene rings is 1. The Bertz CT molecular complexity index is 675. The van der Waals surface area contributed by atoms with E-state index in [0.29, 0.717) is 22.3 Å². The van der Waals surface area contributed by atoms with E-state index < -0.39 is 0 Å². The molecule has 3 rings (SSSR count). The summed E-state index contributed by atoms with van der Waals surface area (Å²) in [4.78, 5) is 4.24. The summed E-state index contributed by atoms with van der Waals surface area (Å²) in [5, 5.41) is 6.34. The van der Waals surface area contributed by atoms with Crippen molar-refractivity contribution >= 4 is 16.3 Å². The third-order valence-electron chi connectivity index (χ3n) is 2.45. The lowest BCUT2D eigenvalue weighted by atomic mass is 10.2. The molecule has 0 atom stereocenters. The van der Waals surface area contributed by atoms with Gasteiger partial charge in [0.2, 0.25) is 5.82 Å². The molecule has 0 aliphatic heterocycles. The zero-order valence-corrected chi connectivity index (χ0v) is 9.95. The van der Waals surface area contributed by atoms with Crippen molar-refractivity contribution in [3.05, 3.63) is 41.5 Å². The molecule has 0 aliphatic rings. The van der Waals surface area contributed by atoms with E-state index in [9.17, 15) is 4.39 Å². The molecule has 4 nitrogen and oxygen atoms in total. The molecule has 3 aromatic rings. The van der Waals surface area contributed by atoms with Crippen LogP contribution < -0.4 is 5.73 Å². The van der Waals surface area contributed by atoms with Crippen molar-refractivity contribution in [2.75, 3.05) is 5.73 Å². The number of halogens is 1. The van der Waals surface area contributed by atoms with Gasteiger partial charge in [-0.25, -0.2) is 4.39 Å². The van der Waals surface area contributed by atoms with Crippen LogP contribution in [0, 0.1) is 5.82 Å². The van der Waals surface area contributed by atoms with Crippen LogP contribution >= 0.6 is 11.3 Å². The topological polar surface area (TPSA) is 64.9 Å². The van der Waals surface area contributed by atoms with Crippen molar-refractivity contribution in [1.82, 2.24) is 10.1 Å². The van der Waals surface area contributed by atoms with Crippen molar-refractivity contribution in [3.8, 4) is 22.8 Å². The van der Waals surface area contributed by atoms with Crippen LogP contribution in [0.15, 0.2) is 40.2 Å². The Labute approximate surface area is 106 Å². The van der Waals surface area contributed by atoms with E-state index in [2.05, 4.69) is 10.1 Å². The molecule has 2 heterocycles. The Hall–Kier alpha value is -2.21. The van der Waals surface area contributed by atoms with Gasteiger partial charge in [-0.15, -0.1) is 11.3 Å². The van der Waals surface area contributed by atoms with Crippen LogP contribution in [0.2, 0.25) is 0 Å². The van der Waals surface area contributed by atoms with E-state index in [1.807, 2.05) is 11.4 Å². The lowest BCUT2D eigenvalue weighted by Gasteiger charge is -1.92. The van der Waals surface area contributed by atoms with Crippen LogP contribution in [0.1, 0.15) is 0 Å². The summed E-state index contributed by atoms with van der Waals surface area (Å²) in [6.45, 7) is 0. The van der Waals surface area contributed by atoms with E-state index in [1.54, 1.807) is 12.1 Å². The zero-order chi connectivity index (χ0) is 12.5. The normalized spacial score (nSPS) is 10.7. The summed E-state index contributed by atoms with van der Waals surface area (Å²) in [6, 6.07) is 7.72. The molecular weight excluding hydrogens is 253 g/mol. The third kappa shape index (κ3) is 1.86. The molecule has 0 unspecified atom stereocenters. The monoisotopic (exact) mass is 261 g/mol. The van der Waals surface area contributed by atoms with Gasteiger partial charge in [0, 0.05) is 5.56 Å². The standard InChI is InChI=1S/C12H8FN3OS/c13-8-3-1-7(2-4-8)11-15-12(17-16-11)9-5-6-18-10(9)14/h1-6H,14H2. The smallest absolute Gasteiger partial charge is 0.261 e. The molecule has 18 heavy (non-hydrogen) atoms. The van der Waals surface area contributed by atoms with Gasteiger partial charge in [0.05, 0.1) is 10.6 Å². The Morgan fingerprint density at radius 3 is 2.61 bits per heavy atom. The van der Waals surface area contributed by atoms with Gasteiger partial charge in [0.25, 0.3) is 5.89 Å². The maximum atomic E-state index is 12.8.